The summed E-state index contributed by atoms with van der Waals surface area (Å²) in [4.78, 5) is 22.6. The van der Waals surface area contributed by atoms with E-state index in [2.05, 4.69) is 10.1 Å². The van der Waals surface area contributed by atoms with Crippen LogP contribution in [0.15, 0.2) is 47.3 Å². The standard InChI is InChI=1S/C21H21F3N2O.C3H7NO2.C2H6/c1-13-5-4-6-14(9-13)10-17-19(21(22,23)24)16-11-15(12-25-2)7-8-18(16)26(3)20(17)27;1-6-3(5)2-4;1-2/h4-9,11,25H,10,12H2,1-3H3;2,4H2,1H3;1-2H3. The number of nitrogens with zero attached hydrogens (tertiary/aromatic N) is 1. The zero-order valence-electron chi connectivity index (χ0n) is 21.0. The molecule has 0 aliphatic rings. The average Bonchev–Trinajstić information content (AvgIpc) is 2.83. The van der Waals surface area contributed by atoms with Gasteiger partial charge >= 0.3 is 12.1 Å². The minimum absolute atomic E-state index is 0.0312. The molecule has 0 radical (unpaired) electrons. The molecule has 0 saturated carbocycles. The monoisotopic (exact) mass is 493 g/mol. The van der Waals surface area contributed by atoms with Crippen LogP contribution in [-0.2, 0) is 35.7 Å². The molecular formula is C26H34F3N3O3. The lowest BCUT2D eigenvalue weighted by Gasteiger charge is -2.19. The molecule has 192 valence electrons. The van der Waals surface area contributed by atoms with Gasteiger partial charge in [-0.2, -0.15) is 13.2 Å². The van der Waals surface area contributed by atoms with Crippen molar-refractivity contribution in [3.8, 4) is 0 Å². The fourth-order valence-electron chi connectivity index (χ4n) is 3.57. The first-order valence-electron chi connectivity index (χ1n) is 11.2. The van der Waals surface area contributed by atoms with Crippen LogP contribution in [0.1, 0.15) is 41.7 Å². The number of aromatic nitrogens is 1. The summed E-state index contributed by atoms with van der Waals surface area (Å²) >= 11 is 0. The molecule has 0 bridgehead atoms. The van der Waals surface area contributed by atoms with Crippen LogP contribution in [0.3, 0.4) is 0 Å². The molecule has 0 amide bonds. The molecule has 6 nitrogen and oxygen atoms in total. The molecule has 35 heavy (non-hydrogen) atoms. The first-order valence-corrected chi connectivity index (χ1v) is 11.2. The maximum absolute atomic E-state index is 14.0. The number of nitrogens with two attached hydrogens (primary N) is 1. The third-order valence-electron chi connectivity index (χ3n) is 5.08. The molecule has 2 aromatic carbocycles. The van der Waals surface area contributed by atoms with Crippen molar-refractivity contribution in [1.82, 2.24) is 9.88 Å². The molecule has 9 heteroatoms. The van der Waals surface area contributed by atoms with Crippen LogP contribution in [-0.4, -0.2) is 31.2 Å². The van der Waals surface area contributed by atoms with Crippen molar-refractivity contribution in [1.29, 1.82) is 0 Å². The number of halogens is 3. The Kier molecular flexibility index (Phi) is 11.6. The maximum atomic E-state index is 14.0. The van der Waals surface area contributed by atoms with Gasteiger partial charge in [0.15, 0.2) is 0 Å². The van der Waals surface area contributed by atoms with E-state index in [-0.39, 0.29) is 35.4 Å². The molecule has 0 spiro atoms. The number of aryl methyl sites for hydroxylation is 2. The molecule has 0 unspecified atom stereocenters. The van der Waals surface area contributed by atoms with Gasteiger partial charge in [0.05, 0.1) is 24.7 Å². The van der Waals surface area contributed by atoms with E-state index in [1.165, 1.54) is 24.8 Å². The molecule has 0 aliphatic carbocycles. The van der Waals surface area contributed by atoms with Crippen molar-refractivity contribution in [3.63, 3.8) is 0 Å². The number of methoxy groups -OCH3 is 1. The van der Waals surface area contributed by atoms with Crippen LogP contribution < -0.4 is 16.6 Å². The number of pyridine rings is 1. The number of fused-ring (bicyclic) bond motifs is 1. The molecule has 0 fully saturated rings. The van der Waals surface area contributed by atoms with Gasteiger partial charge in [-0.1, -0.05) is 49.7 Å². The smallest absolute Gasteiger partial charge is 0.417 e. The largest absolute Gasteiger partial charge is 0.468 e. The zero-order chi connectivity index (χ0) is 26.8. The Balaban J connectivity index is 0.000000670. The number of alkyl halides is 3. The predicted octanol–water partition coefficient (Wildman–Crippen LogP) is 4.32. The van der Waals surface area contributed by atoms with E-state index in [0.717, 1.165) is 11.1 Å². The summed E-state index contributed by atoms with van der Waals surface area (Å²) < 4.78 is 47.5. The number of nitrogens with one attached hydrogen (secondary N) is 1. The molecule has 3 N–H and O–H groups in total. The highest BCUT2D eigenvalue weighted by molar-refractivity contribution is 5.85. The summed E-state index contributed by atoms with van der Waals surface area (Å²) in [6.45, 7) is 6.29. The van der Waals surface area contributed by atoms with Gasteiger partial charge in [0, 0.05) is 31.0 Å². The summed E-state index contributed by atoms with van der Waals surface area (Å²) in [7, 11) is 4.55. The summed E-state index contributed by atoms with van der Waals surface area (Å²) in [6.07, 6.45) is -4.68. The van der Waals surface area contributed by atoms with E-state index in [1.807, 2.05) is 26.8 Å². The number of hydrogen-bond donors (Lipinski definition) is 2. The molecule has 1 heterocycles. The number of benzene rings is 2. The highest BCUT2D eigenvalue weighted by Gasteiger charge is 2.37. The number of rotatable bonds is 5. The van der Waals surface area contributed by atoms with Crippen LogP contribution in [0, 0.1) is 6.92 Å². The first kappa shape index (κ1) is 29.9. The Morgan fingerprint density at radius 1 is 1.11 bits per heavy atom. The quantitative estimate of drug-likeness (QED) is 0.517. The lowest BCUT2D eigenvalue weighted by atomic mass is 9.95. The van der Waals surface area contributed by atoms with Crippen LogP contribution in [0.4, 0.5) is 13.2 Å². The zero-order valence-corrected chi connectivity index (χ0v) is 21.0. The highest BCUT2D eigenvalue weighted by Crippen LogP contribution is 2.37. The van der Waals surface area contributed by atoms with Crippen molar-refractivity contribution in [2.45, 2.75) is 39.9 Å². The molecule has 3 rings (SSSR count). The van der Waals surface area contributed by atoms with Crippen LogP contribution in [0.2, 0.25) is 0 Å². The van der Waals surface area contributed by atoms with Gasteiger partial charge in [-0.05, 0) is 37.2 Å². The molecule has 0 saturated heterocycles. The van der Waals surface area contributed by atoms with Gasteiger partial charge < -0.3 is 20.4 Å². The topological polar surface area (TPSA) is 86.4 Å². The second-order valence-corrected chi connectivity index (χ2v) is 7.54. The minimum atomic E-state index is -4.62. The molecule has 3 aromatic rings. The van der Waals surface area contributed by atoms with E-state index < -0.39 is 17.3 Å². The minimum Gasteiger partial charge on any atom is -0.468 e. The van der Waals surface area contributed by atoms with E-state index in [4.69, 9.17) is 5.73 Å². The first-order chi connectivity index (χ1) is 16.5. The van der Waals surface area contributed by atoms with Crippen molar-refractivity contribution in [3.05, 3.63) is 80.6 Å². The molecule has 0 atom stereocenters. The van der Waals surface area contributed by atoms with E-state index in [1.54, 1.807) is 37.4 Å². The van der Waals surface area contributed by atoms with Gasteiger partial charge in [-0.3, -0.25) is 9.59 Å². The van der Waals surface area contributed by atoms with Crippen molar-refractivity contribution in [2.24, 2.45) is 12.8 Å². The normalized spacial score (nSPS) is 10.7. The van der Waals surface area contributed by atoms with E-state index in [0.29, 0.717) is 12.1 Å². The van der Waals surface area contributed by atoms with Crippen molar-refractivity contribution in [2.75, 3.05) is 20.7 Å². The summed E-state index contributed by atoms with van der Waals surface area (Å²) in [5.41, 5.74) is 5.78. The van der Waals surface area contributed by atoms with Gasteiger partial charge in [0.25, 0.3) is 5.56 Å². The number of esters is 1. The fraction of sp³-hybridized carbons (Fsp3) is 0.385. The lowest BCUT2D eigenvalue weighted by Crippen LogP contribution is -2.27. The lowest BCUT2D eigenvalue weighted by molar-refractivity contribution is -0.139. The maximum Gasteiger partial charge on any atom is 0.417 e. The Bertz CT molecular complexity index is 1180. The molecule has 0 aliphatic heterocycles. The van der Waals surface area contributed by atoms with Gasteiger partial charge in [-0.25, -0.2) is 0 Å². The summed E-state index contributed by atoms with van der Waals surface area (Å²) in [6, 6.07) is 12.0. The number of carbonyl (C=O) groups excluding carboxylic acids is 1. The third kappa shape index (κ3) is 7.93. The molecule has 1 aromatic heterocycles. The second-order valence-electron chi connectivity index (χ2n) is 7.54. The van der Waals surface area contributed by atoms with Gasteiger partial charge in [0.2, 0.25) is 0 Å². The average molecular weight is 494 g/mol. The van der Waals surface area contributed by atoms with Crippen LogP contribution in [0.25, 0.3) is 10.9 Å². The number of carbonyl (C=O) groups is 1. The van der Waals surface area contributed by atoms with Crippen molar-refractivity contribution >= 4 is 16.9 Å². The van der Waals surface area contributed by atoms with Crippen molar-refractivity contribution < 1.29 is 22.7 Å². The second kappa shape index (κ2) is 13.7. The number of ether oxygens (including phenoxy) is 1. The summed E-state index contributed by atoms with van der Waals surface area (Å²) in [5, 5.41) is 3.00. The van der Waals surface area contributed by atoms with E-state index >= 15 is 0 Å². The third-order valence-corrected chi connectivity index (χ3v) is 5.08. The SMILES string of the molecule is CC.CNCc1ccc2c(c1)c(C(F)(F)F)c(Cc1cccc(C)c1)c(=O)n2C.COC(=O)CN. The fourth-order valence-corrected chi connectivity index (χ4v) is 3.57. The van der Waals surface area contributed by atoms with E-state index in [9.17, 15) is 22.8 Å². The molecular weight excluding hydrogens is 459 g/mol. The predicted molar refractivity (Wildman–Crippen MR) is 133 cm³/mol. The van der Waals surface area contributed by atoms with Crippen LogP contribution >= 0.6 is 0 Å². The van der Waals surface area contributed by atoms with Gasteiger partial charge in [-0.15, -0.1) is 0 Å². The van der Waals surface area contributed by atoms with Crippen LogP contribution in [0.5, 0.6) is 0 Å². The summed E-state index contributed by atoms with van der Waals surface area (Å²) in [5.74, 6) is -0.380. The Hall–Kier alpha value is -3.17. The Labute approximate surface area is 203 Å². The highest BCUT2D eigenvalue weighted by atomic mass is 19.4. The number of hydrogen-bond acceptors (Lipinski definition) is 5. The van der Waals surface area contributed by atoms with Gasteiger partial charge in [0.1, 0.15) is 0 Å². The Morgan fingerprint density at radius 2 is 1.77 bits per heavy atom. The Morgan fingerprint density at radius 3 is 2.26 bits per heavy atom.